The van der Waals surface area contributed by atoms with Crippen LogP contribution in [-0.2, 0) is 4.79 Å². The highest BCUT2D eigenvalue weighted by Gasteiger charge is 2.34. The van der Waals surface area contributed by atoms with Gasteiger partial charge in [-0.1, -0.05) is 29.8 Å². The van der Waals surface area contributed by atoms with Crippen molar-refractivity contribution in [2.24, 2.45) is 0 Å². The first-order valence-corrected chi connectivity index (χ1v) is 11.0. The van der Waals surface area contributed by atoms with Gasteiger partial charge in [0.2, 0.25) is 5.91 Å². The first kappa shape index (κ1) is 20.5. The third kappa shape index (κ3) is 4.37. The second-order valence-electron chi connectivity index (χ2n) is 7.36. The maximum Gasteiger partial charge on any atom is 0.255 e. The highest BCUT2D eigenvalue weighted by molar-refractivity contribution is 8.00. The number of benzene rings is 3. The number of anilines is 2. The number of carbonyl (C=O) groups excluding carboxylic acids is 2. The number of aryl methyl sites for hydroxylation is 2. The zero-order valence-corrected chi connectivity index (χ0v) is 18.3. The third-order valence-electron chi connectivity index (χ3n) is 4.89. The van der Waals surface area contributed by atoms with Crippen molar-refractivity contribution in [3.8, 4) is 0 Å². The minimum Gasteiger partial charge on any atom is -0.322 e. The number of carbonyl (C=O) groups is 2. The predicted octanol–water partition coefficient (Wildman–Crippen LogP) is 5.99. The molecule has 1 atom stereocenters. The monoisotopic (exact) mass is 436 g/mol. The molecule has 1 unspecified atom stereocenters. The van der Waals surface area contributed by atoms with Gasteiger partial charge < -0.3 is 5.32 Å². The molecule has 3 aromatic rings. The van der Waals surface area contributed by atoms with E-state index in [1.807, 2.05) is 55.1 Å². The van der Waals surface area contributed by atoms with Gasteiger partial charge in [0, 0.05) is 22.0 Å². The first-order chi connectivity index (χ1) is 14.4. The van der Waals surface area contributed by atoms with E-state index in [1.54, 1.807) is 36.0 Å². The molecule has 1 fully saturated rings. The van der Waals surface area contributed by atoms with Gasteiger partial charge in [-0.15, -0.1) is 11.8 Å². The molecule has 152 valence electrons. The van der Waals surface area contributed by atoms with Crippen LogP contribution in [0.2, 0.25) is 5.02 Å². The number of rotatable bonds is 4. The zero-order chi connectivity index (χ0) is 21.3. The Hall–Kier alpha value is -2.76. The minimum absolute atomic E-state index is 0.0885. The van der Waals surface area contributed by atoms with Crippen molar-refractivity contribution in [3.05, 3.63) is 94.0 Å². The highest BCUT2D eigenvalue weighted by Crippen LogP contribution is 2.42. The molecule has 0 bridgehead atoms. The molecule has 0 spiro atoms. The van der Waals surface area contributed by atoms with Crippen LogP contribution in [0.3, 0.4) is 0 Å². The van der Waals surface area contributed by atoms with E-state index in [-0.39, 0.29) is 17.2 Å². The summed E-state index contributed by atoms with van der Waals surface area (Å²) >= 11 is 7.49. The second kappa shape index (κ2) is 8.54. The molecule has 30 heavy (non-hydrogen) atoms. The molecule has 4 rings (SSSR count). The number of hydrogen-bond donors (Lipinski definition) is 1. The van der Waals surface area contributed by atoms with Crippen LogP contribution >= 0.6 is 23.4 Å². The Bertz CT molecular complexity index is 1090. The van der Waals surface area contributed by atoms with Gasteiger partial charge >= 0.3 is 0 Å². The molecule has 4 nitrogen and oxygen atoms in total. The van der Waals surface area contributed by atoms with Crippen LogP contribution in [0.15, 0.2) is 66.7 Å². The topological polar surface area (TPSA) is 49.4 Å². The number of thioether (sulfide) groups is 1. The van der Waals surface area contributed by atoms with Crippen molar-refractivity contribution in [1.82, 2.24) is 0 Å². The Morgan fingerprint density at radius 2 is 1.73 bits per heavy atom. The zero-order valence-electron chi connectivity index (χ0n) is 16.7. The van der Waals surface area contributed by atoms with Gasteiger partial charge in [-0.3, -0.25) is 14.5 Å². The number of nitrogens with zero attached hydrogens (tertiary/aromatic N) is 1. The van der Waals surface area contributed by atoms with E-state index >= 15 is 0 Å². The summed E-state index contributed by atoms with van der Waals surface area (Å²) in [7, 11) is 0. The van der Waals surface area contributed by atoms with Gasteiger partial charge in [-0.25, -0.2) is 0 Å². The van der Waals surface area contributed by atoms with E-state index in [1.165, 1.54) is 0 Å². The quantitative estimate of drug-likeness (QED) is 0.546. The molecule has 1 saturated heterocycles. The summed E-state index contributed by atoms with van der Waals surface area (Å²) in [5.41, 5.74) is 5.34. The minimum atomic E-state index is -0.204. The largest absolute Gasteiger partial charge is 0.322 e. The van der Waals surface area contributed by atoms with E-state index in [0.717, 1.165) is 22.4 Å². The van der Waals surface area contributed by atoms with Crippen LogP contribution in [0.25, 0.3) is 0 Å². The summed E-state index contributed by atoms with van der Waals surface area (Å²) in [4.78, 5) is 27.1. The Labute approximate surface area is 185 Å². The summed E-state index contributed by atoms with van der Waals surface area (Å²) in [6, 6.07) is 20.6. The van der Waals surface area contributed by atoms with E-state index in [2.05, 4.69) is 11.4 Å². The van der Waals surface area contributed by atoms with Crippen molar-refractivity contribution >= 4 is 46.6 Å². The molecule has 3 aromatic carbocycles. The predicted molar refractivity (Wildman–Crippen MR) is 124 cm³/mol. The first-order valence-electron chi connectivity index (χ1n) is 9.59. The van der Waals surface area contributed by atoms with Crippen LogP contribution in [-0.4, -0.2) is 17.6 Å². The Kier molecular flexibility index (Phi) is 5.84. The van der Waals surface area contributed by atoms with Gasteiger partial charge in [0.1, 0.15) is 5.37 Å². The molecule has 0 saturated carbocycles. The fourth-order valence-corrected chi connectivity index (χ4v) is 4.91. The molecule has 2 amide bonds. The van der Waals surface area contributed by atoms with Gasteiger partial charge in [-0.05, 0) is 79.1 Å². The Morgan fingerprint density at radius 3 is 2.43 bits per heavy atom. The molecule has 6 heteroatoms. The highest BCUT2D eigenvalue weighted by atomic mass is 35.5. The molecule has 1 heterocycles. The van der Waals surface area contributed by atoms with Crippen LogP contribution in [0.4, 0.5) is 11.4 Å². The van der Waals surface area contributed by atoms with Gasteiger partial charge in [-0.2, -0.15) is 0 Å². The van der Waals surface area contributed by atoms with Crippen LogP contribution in [0.5, 0.6) is 0 Å². The molecular weight excluding hydrogens is 416 g/mol. The fourth-order valence-electron chi connectivity index (χ4n) is 3.61. The van der Waals surface area contributed by atoms with Crippen LogP contribution < -0.4 is 10.2 Å². The SMILES string of the molecule is Cc1cc(C)cc(N2C(=O)CSC2c2cccc(NC(=O)c3ccc(Cl)cc3)c2)c1. The van der Waals surface area contributed by atoms with Crippen LogP contribution in [0, 0.1) is 13.8 Å². The molecule has 1 N–H and O–H groups in total. The summed E-state index contributed by atoms with van der Waals surface area (Å²) in [6.07, 6.45) is 0. The van der Waals surface area contributed by atoms with Crippen LogP contribution in [0.1, 0.15) is 32.4 Å². The Morgan fingerprint density at radius 1 is 1.03 bits per heavy atom. The summed E-state index contributed by atoms with van der Waals surface area (Å²) < 4.78 is 0. The van der Waals surface area contributed by atoms with Crippen molar-refractivity contribution in [2.75, 3.05) is 16.0 Å². The van der Waals surface area contributed by atoms with E-state index in [9.17, 15) is 9.59 Å². The van der Waals surface area contributed by atoms with E-state index < -0.39 is 0 Å². The van der Waals surface area contributed by atoms with Crippen molar-refractivity contribution in [3.63, 3.8) is 0 Å². The lowest BCUT2D eigenvalue weighted by Crippen LogP contribution is -2.28. The third-order valence-corrected chi connectivity index (χ3v) is 6.35. The van der Waals surface area contributed by atoms with Gasteiger partial charge in [0.05, 0.1) is 5.75 Å². The van der Waals surface area contributed by atoms with E-state index in [0.29, 0.717) is 22.0 Å². The van der Waals surface area contributed by atoms with E-state index in [4.69, 9.17) is 11.6 Å². The average molecular weight is 437 g/mol. The lowest BCUT2D eigenvalue weighted by atomic mass is 10.1. The molecule has 1 aliphatic rings. The summed E-state index contributed by atoms with van der Waals surface area (Å²) in [6.45, 7) is 4.07. The van der Waals surface area contributed by atoms with Crippen molar-refractivity contribution in [1.29, 1.82) is 0 Å². The van der Waals surface area contributed by atoms with Gasteiger partial charge in [0.25, 0.3) is 5.91 Å². The molecule has 0 aliphatic carbocycles. The molecular formula is C24H21ClN2O2S. The molecule has 0 aromatic heterocycles. The van der Waals surface area contributed by atoms with Gasteiger partial charge in [0.15, 0.2) is 0 Å². The normalized spacial score (nSPS) is 16.0. The summed E-state index contributed by atoms with van der Waals surface area (Å²) in [5.74, 6) is 0.315. The number of amides is 2. The number of nitrogens with one attached hydrogen (secondary N) is 1. The van der Waals surface area contributed by atoms with Crippen molar-refractivity contribution in [2.45, 2.75) is 19.2 Å². The Balaban J connectivity index is 1.60. The summed E-state index contributed by atoms with van der Waals surface area (Å²) in [5, 5.41) is 3.38. The fraction of sp³-hybridized carbons (Fsp3) is 0.167. The molecule has 0 radical (unpaired) electrons. The average Bonchev–Trinajstić information content (AvgIpc) is 3.09. The smallest absolute Gasteiger partial charge is 0.255 e. The second-order valence-corrected chi connectivity index (χ2v) is 8.86. The lowest BCUT2D eigenvalue weighted by Gasteiger charge is -2.25. The van der Waals surface area contributed by atoms with Crippen molar-refractivity contribution < 1.29 is 9.59 Å². The molecule has 1 aliphatic heterocycles. The maximum atomic E-state index is 12.7. The number of halogens is 1. The maximum absolute atomic E-state index is 12.7. The standard InChI is InChI=1S/C24H21ClN2O2S/c1-15-10-16(2)12-21(11-15)27-22(28)14-30-24(27)18-4-3-5-20(13-18)26-23(29)17-6-8-19(25)9-7-17/h3-13,24H,14H2,1-2H3,(H,26,29). The lowest BCUT2D eigenvalue weighted by molar-refractivity contribution is -0.115. The number of hydrogen-bond acceptors (Lipinski definition) is 3.